The first-order valence-corrected chi connectivity index (χ1v) is 7.42. The Balaban J connectivity index is 2.25. The maximum Gasteiger partial charge on any atom is 0.335 e. The average molecular weight is 343 g/mol. The SMILES string of the molecule is C=CCN1C(=O)NC(=O)[C@H](/C(=C\C)Nc2ccc(C(=O)O)cc2)C1=O. The molecular weight excluding hydrogens is 326 g/mol. The van der Waals surface area contributed by atoms with Crippen molar-refractivity contribution in [3.05, 3.63) is 54.3 Å². The average Bonchev–Trinajstić information content (AvgIpc) is 2.57. The second kappa shape index (κ2) is 7.43. The van der Waals surface area contributed by atoms with Crippen LogP contribution in [0.4, 0.5) is 10.5 Å². The summed E-state index contributed by atoms with van der Waals surface area (Å²) in [4.78, 5) is 48.2. The molecule has 1 atom stereocenters. The van der Waals surface area contributed by atoms with Crippen molar-refractivity contribution < 1.29 is 24.3 Å². The van der Waals surface area contributed by atoms with E-state index in [9.17, 15) is 19.2 Å². The number of carbonyl (C=O) groups is 4. The summed E-state index contributed by atoms with van der Waals surface area (Å²) < 4.78 is 0. The van der Waals surface area contributed by atoms with Gasteiger partial charge in [-0.15, -0.1) is 6.58 Å². The number of carboxylic acids is 1. The highest BCUT2D eigenvalue weighted by Crippen LogP contribution is 2.22. The highest BCUT2D eigenvalue weighted by atomic mass is 16.4. The molecule has 8 heteroatoms. The van der Waals surface area contributed by atoms with Crippen molar-refractivity contribution in [1.82, 2.24) is 10.2 Å². The van der Waals surface area contributed by atoms with Crippen molar-refractivity contribution in [3.8, 4) is 0 Å². The molecule has 8 nitrogen and oxygen atoms in total. The molecule has 25 heavy (non-hydrogen) atoms. The first-order valence-electron chi connectivity index (χ1n) is 7.42. The minimum Gasteiger partial charge on any atom is -0.478 e. The molecule has 0 saturated carbocycles. The van der Waals surface area contributed by atoms with Gasteiger partial charge in [0.25, 0.3) is 0 Å². The molecular formula is C17H17N3O5. The largest absolute Gasteiger partial charge is 0.478 e. The number of anilines is 1. The van der Waals surface area contributed by atoms with E-state index in [1.807, 2.05) is 0 Å². The topological polar surface area (TPSA) is 116 Å². The summed E-state index contributed by atoms with van der Waals surface area (Å²) in [5, 5.41) is 14.0. The lowest BCUT2D eigenvalue weighted by atomic mass is 9.99. The number of hydrogen-bond donors (Lipinski definition) is 3. The molecule has 0 spiro atoms. The van der Waals surface area contributed by atoms with Crippen molar-refractivity contribution in [2.24, 2.45) is 5.92 Å². The van der Waals surface area contributed by atoms with Gasteiger partial charge in [-0.1, -0.05) is 12.2 Å². The van der Waals surface area contributed by atoms with Crippen LogP contribution in [0.5, 0.6) is 0 Å². The summed E-state index contributed by atoms with van der Waals surface area (Å²) in [6, 6.07) is 5.05. The van der Waals surface area contributed by atoms with E-state index in [4.69, 9.17) is 5.11 Å². The van der Waals surface area contributed by atoms with Gasteiger partial charge in [0.05, 0.1) is 5.56 Å². The number of allylic oxidation sites excluding steroid dienone is 1. The molecule has 1 aliphatic heterocycles. The second-order valence-electron chi connectivity index (χ2n) is 5.22. The van der Waals surface area contributed by atoms with Gasteiger partial charge in [0, 0.05) is 17.9 Å². The number of nitrogens with zero attached hydrogens (tertiary/aromatic N) is 1. The Kier molecular flexibility index (Phi) is 5.33. The number of hydrogen-bond acceptors (Lipinski definition) is 5. The molecule has 1 aromatic rings. The molecule has 0 unspecified atom stereocenters. The monoisotopic (exact) mass is 343 g/mol. The summed E-state index contributed by atoms with van der Waals surface area (Å²) >= 11 is 0. The van der Waals surface area contributed by atoms with E-state index < -0.39 is 29.7 Å². The Bertz CT molecular complexity index is 767. The zero-order chi connectivity index (χ0) is 18.6. The zero-order valence-corrected chi connectivity index (χ0v) is 13.5. The molecule has 2 rings (SSSR count). The maximum absolute atomic E-state index is 12.5. The minimum atomic E-state index is -1.21. The molecule has 1 aromatic carbocycles. The number of urea groups is 1. The summed E-state index contributed by atoms with van der Waals surface area (Å²) in [5.74, 6) is -3.64. The number of amides is 4. The third kappa shape index (κ3) is 3.74. The van der Waals surface area contributed by atoms with Crippen LogP contribution in [0.2, 0.25) is 0 Å². The number of carbonyl (C=O) groups excluding carboxylic acids is 3. The molecule has 0 aromatic heterocycles. The molecule has 0 radical (unpaired) electrons. The second-order valence-corrected chi connectivity index (χ2v) is 5.22. The van der Waals surface area contributed by atoms with Gasteiger partial charge in [-0.05, 0) is 31.2 Å². The van der Waals surface area contributed by atoms with Crippen molar-refractivity contribution in [1.29, 1.82) is 0 Å². The summed E-state index contributed by atoms with van der Waals surface area (Å²) in [7, 11) is 0. The van der Waals surface area contributed by atoms with Gasteiger partial charge in [0.2, 0.25) is 11.8 Å². The fourth-order valence-corrected chi connectivity index (χ4v) is 2.36. The van der Waals surface area contributed by atoms with Crippen LogP contribution in [0.1, 0.15) is 17.3 Å². The van der Waals surface area contributed by atoms with E-state index in [0.717, 1.165) is 4.90 Å². The number of aromatic carboxylic acids is 1. The standard InChI is InChI=1S/C17H17N3O5/c1-3-9-20-15(22)13(14(21)19-17(20)25)12(4-2)18-11-7-5-10(6-8-11)16(23)24/h3-8,13,18H,1,9H2,2H3,(H,23,24)(H,19,21,25)/b12-4+/t13-/m0/s1. The lowest BCUT2D eigenvalue weighted by Gasteiger charge is -2.31. The highest BCUT2D eigenvalue weighted by molar-refractivity contribution is 6.18. The van der Waals surface area contributed by atoms with Gasteiger partial charge in [-0.3, -0.25) is 19.8 Å². The Labute approximate surface area is 143 Å². The van der Waals surface area contributed by atoms with E-state index in [1.54, 1.807) is 13.0 Å². The number of benzene rings is 1. The van der Waals surface area contributed by atoms with Crippen LogP contribution in [0.3, 0.4) is 0 Å². The van der Waals surface area contributed by atoms with Gasteiger partial charge < -0.3 is 10.4 Å². The Morgan fingerprint density at radius 3 is 2.48 bits per heavy atom. The number of carboxylic acid groups (broad SMARTS) is 1. The summed E-state index contributed by atoms with van der Waals surface area (Å²) in [6.07, 6.45) is 2.94. The lowest BCUT2D eigenvalue weighted by molar-refractivity contribution is -0.140. The van der Waals surface area contributed by atoms with E-state index in [2.05, 4.69) is 17.2 Å². The van der Waals surface area contributed by atoms with Crippen molar-refractivity contribution >= 4 is 29.5 Å². The quantitative estimate of drug-likeness (QED) is 0.533. The number of barbiturate groups is 1. The van der Waals surface area contributed by atoms with Crippen LogP contribution in [-0.2, 0) is 9.59 Å². The first-order chi connectivity index (χ1) is 11.9. The minimum absolute atomic E-state index is 0.0151. The van der Waals surface area contributed by atoms with Crippen molar-refractivity contribution in [2.45, 2.75) is 6.92 Å². The van der Waals surface area contributed by atoms with Gasteiger partial charge in [0.15, 0.2) is 5.92 Å². The predicted molar refractivity (Wildman–Crippen MR) is 89.7 cm³/mol. The predicted octanol–water partition coefficient (Wildman–Crippen LogP) is 1.58. The fourth-order valence-electron chi connectivity index (χ4n) is 2.36. The number of nitrogens with one attached hydrogen (secondary N) is 2. The van der Waals surface area contributed by atoms with Gasteiger partial charge in [-0.25, -0.2) is 9.59 Å². The first kappa shape index (κ1) is 17.9. The van der Waals surface area contributed by atoms with Crippen molar-refractivity contribution in [3.63, 3.8) is 0 Å². The van der Waals surface area contributed by atoms with Crippen molar-refractivity contribution in [2.75, 3.05) is 11.9 Å². The molecule has 1 fully saturated rings. The molecule has 0 aliphatic carbocycles. The summed E-state index contributed by atoms with van der Waals surface area (Å²) in [5.41, 5.74) is 0.903. The molecule has 3 N–H and O–H groups in total. The fraction of sp³-hybridized carbons (Fsp3) is 0.176. The Morgan fingerprint density at radius 1 is 1.32 bits per heavy atom. The number of rotatable bonds is 6. The van der Waals surface area contributed by atoms with E-state index in [1.165, 1.54) is 30.3 Å². The highest BCUT2D eigenvalue weighted by Gasteiger charge is 2.42. The van der Waals surface area contributed by atoms with Crippen LogP contribution in [0, 0.1) is 5.92 Å². The zero-order valence-electron chi connectivity index (χ0n) is 13.5. The van der Waals surface area contributed by atoms with E-state index >= 15 is 0 Å². The molecule has 130 valence electrons. The van der Waals surface area contributed by atoms with Gasteiger partial charge in [-0.2, -0.15) is 0 Å². The smallest absolute Gasteiger partial charge is 0.335 e. The normalized spacial score (nSPS) is 18.0. The van der Waals surface area contributed by atoms with Crippen LogP contribution < -0.4 is 10.6 Å². The van der Waals surface area contributed by atoms with Crippen LogP contribution in [0.15, 0.2) is 48.7 Å². The lowest BCUT2D eigenvalue weighted by Crippen LogP contribution is -2.58. The number of imide groups is 2. The molecule has 4 amide bonds. The van der Waals surface area contributed by atoms with Crippen LogP contribution >= 0.6 is 0 Å². The third-order valence-corrected chi connectivity index (χ3v) is 3.60. The summed E-state index contributed by atoms with van der Waals surface area (Å²) in [6.45, 7) is 5.11. The third-order valence-electron chi connectivity index (χ3n) is 3.60. The van der Waals surface area contributed by atoms with E-state index in [0.29, 0.717) is 5.69 Å². The molecule has 0 bridgehead atoms. The molecule has 1 aliphatic rings. The van der Waals surface area contributed by atoms with E-state index in [-0.39, 0.29) is 17.8 Å². The van der Waals surface area contributed by atoms with Gasteiger partial charge >= 0.3 is 12.0 Å². The van der Waals surface area contributed by atoms with Crippen LogP contribution in [-0.4, -0.2) is 40.4 Å². The Hall–Kier alpha value is -3.42. The van der Waals surface area contributed by atoms with Gasteiger partial charge in [0.1, 0.15) is 0 Å². The maximum atomic E-state index is 12.5. The van der Waals surface area contributed by atoms with Crippen LogP contribution in [0.25, 0.3) is 0 Å². The molecule has 1 heterocycles. The molecule has 1 saturated heterocycles. The Morgan fingerprint density at radius 2 is 1.96 bits per heavy atom.